The van der Waals surface area contributed by atoms with Crippen LogP contribution in [0.4, 0.5) is 5.69 Å². The number of rotatable bonds is 1. The van der Waals surface area contributed by atoms with Crippen LogP contribution in [-0.2, 0) is 0 Å². The Morgan fingerprint density at radius 1 is 0.880 bits per heavy atom. The monoisotopic (exact) mass is 327 g/mol. The molecule has 2 aromatic carbocycles. The molecule has 1 aliphatic heterocycles. The highest BCUT2D eigenvalue weighted by Gasteiger charge is 2.31. The fourth-order valence-corrected chi connectivity index (χ4v) is 3.81. The van der Waals surface area contributed by atoms with Crippen molar-refractivity contribution in [2.75, 3.05) is 11.9 Å². The molecule has 1 nitrogen and oxygen atoms in total. The second kappa shape index (κ2) is 5.77. The minimum Gasteiger partial charge on any atom is -0.344 e. The maximum atomic E-state index is 2.44. The van der Waals surface area contributed by atoms with E-state index in [4.69, 9.17) is 0 Å². The third-order valence-electron chi connectivity index (χ3n) is 5.31. The van der Waals surface area contributed by atoms with E-state index in [9.17, 15) is 0 Å². The van der Waals surface area contributed by atoms with E-state index in [0.29, 0.717) is 5.92 Å². The number of hydrogen-bond donors (Lipinski definition) is 0. The highest BCUT2D eigenvalue weighted by atomic mass is 15.1. The predicted molar refractivity (Wildman–Crippen MR) is 107 cm³/mol. The quantitative estimate of drug-likeness (QED) is 0.616. The van der Waals surface area contributed by atoms with Crippen molar-refractivity contribution in [3.63, 3.8) is 0 Å². The van der Waals surface area contributed by atoms with Crippen LogP contribution >= 0.6 is 0 Å². The van der Waals surface area contributed by atoms with E-state index in [1.807, 2.05) is 0 Å². The number of fused-ring (bicyclic) bond motifs is 2. The number of anilines is 1. The van der Waals surface area contributed by atoms with E-state index < -0.39 is 0 Å². The molecule has 0 amide bonds. The first-order valence-corrected chi connectivity index (χ1v) is 9.00. The molecule has 0 bridgehead atoms. The molecule has 1 heterocycles. The summed E-state index contributed by atoms with van der Waals surface area (Å²) in [4.78, 5) is 2.35. The van der Waals surface area contributed by atoms with Gasteiger partial charge >= 0.3 is 0 Å². The number of allylic oxidation sites excluding steroid dienone is 3. The SMILES string of the molecule is CN1C2=CC(C(C)(C)C)C=CC2=C(c2ccccc2)c2ccccc21. The molecular weight excluding hydrogens is 302 g/mol. The number of likely N-dealkylation sites (N-methyl/N-ethyl adjacent to an activating group) is 1. The van der Waals surface area contributed by atoms with E-state index in [1.54, 1.807) is 0 Å². The molecule has 25 heavy (non-hydrogen) atoms. The molecule has 0 saturated heterocycles. The first-order chi connectivity index (χ1) is 12.0. The first-order valence-electron chi connectivity index (χ1n) is 9.00. The van der Waals surface area contributed by atoms with Crippen LogP contribution in [-0.4, -0.2) is 7.05 Å². The van der Waals surface area contributed by atoms with E-state index in [2.05, 4.69) is 106 Å². The Hall–Kier alpha value is -2.54. The van der Waals surface area contributed by atoms with Crippen molar-refractivity contribution in [2.24, 2.45) is 11.3 Å². The molecule has 2 aliphatic rings. The van der Waals surface area contributed by atoms with Gasteiger partial charge in [-0.15, -0.1) is 0 Å². The fraction of sp³-hybridized carbons (Fsp3) is 0.250. The zero-order valence-electron chi connectivity index (χ0n) is 15.5. The maximum absolute atomic E-state index is 2.44. The van der Waals surface area contributed by atoms with Crippen LogP contribution < -0.4 is 4.90 Å². The minimum absolute atomic E-state index is 0.222. The molecule has 1 heteroatoms. The summed E-state index contributed by atoms with van der Waals surface area (Å²) in [6.45, 7) is 6.92. The van der Waals surface area contributed by atoms with Crippen molar-refractivity contribution in [3.8, 4) is 0 Å². The average Bonchev–Trinajstić information content (AvgIpc) is 2.62. The molecule has 0 radical (unpaired) electrons. The van der Waals surface area contributed by atoms with E-state index in [0.717, 1.165) is 0 Å². The average molecular weight is 327 g/mol. The molecule has 0 fully saturated rings. The topological polar surface area (TPSA) is 3.24 Å². The van der Waals surface area contributed by atoms with Gasteiger partial charge < -0.3 is 4.90 Å². The number of hydrogen-bond acceptors (Lipinski definition) is 1. The third kappa shape index (κ3) is 2.64. The summed E-state index contributed by atoms with van der Waals surface area (Å²) in [5, 5.41) is 0. The standard InChI is InChI=1S/C24H25N/c1-24(2,3)18-14-15-20-22(16-18)25(4)21-13-9-8-12-19(21)23(20)17-10-6-5-7-11-17/h5-16,18H,1-4H3. The van der Waals surface area contributed by atoms with Gasteiger partial charge in [-0.05, 0) is 17.0 Å². The predicted octanol–water partition coefficient (Wildman–Crippen LogP) is 6.05. The Kier molecular flexibility index (Phi) is 3.68. The smallest absolute Gasteiger partial charge is 0.0488 e. The minimum atomic E-state index is 0.222. The number of nitrogens with zero attached hydrogens (tertiary/aromatic N) is 1. The lowest BCUT2D eigenvalue weighted by Gasteiger charge is -2.38. The van der Waals surface area contributed by atoms with Crippen molar-refractivity contribution in [3.05, 3.63) is 95.2 Å². The maximum Gasteiger partial charge on any atom is 0.0488 e. The second-order valence-electron chi connectivity index (χ2n) is 8.03. The lowest BCUT2D eigenvalue weighted by molar-refractivity contribution is 0.341. The highest BCUT2D eigenvalue weighted by molar-refractivity contribution is 5.96. The molecule has 126 valence electrons. The molecule has 0 N–H and O–H groups in total. The second-order valence-corrected chi connectivity index (χ2v) is 8.03. The molecule has 1 unspecified atom stereocenters. The summed E-state index contributed by atoms with van der Waals surface area (Å²) in [5.41, 5.74) is 8.07. The third-order valence-corrected chi connectivity index (χ3v) is 5.31. The summed E-state index contributed by atoms with van der Waals surface area (Å²) in [6.07, 6.45) is 7.14. The Bertz CT molecular complexity index is 891. The van der Waals surface area contributed by atoms with E-state index in [-0.39, 0.29) is 5.41 Å². The van der Waals surface area contributed by atoms with Gasteiger partial charge in [0.25, 0.3) is 0 Å². The van der Waals surface area contributed by atoms with Crippen molar-refractivity contribution >= 4 is 11.3 Å². The van der Waals surface area contributed by atoms with Gasteiger partial charge in [0.15, 0.2) is 0 Å². The summed E-state index contributed by atoms with van der Waals surface area (Å²) >= 11 is 0. The van der Waals surface area contributed by atoms with Crippen LogP contribution in [0.3, 0.4) is 0 Å². The Morgan fingerprint density at radius 3 is 2.28 bits per heavy atom. The normalized spacial score (nSPS) is 19.4. The molecule has 0 saturated carbocycles. The molecular formula is C24H25N. The molecule has 1 atom stereocenters. The van der Waals surface area contributed by atoms with Gasteiger partial charge in [-0.1, -0.05) is 87.5 Å². The Labute approximate surface area is 151 Å². The van der Waals surface area contributed by atoms with Crippen LogP contribution in [0.25, 0.3) is 5.57 Å². The van der Waals surface area contributed by atoms with Gasteiger partial charge in [0, 0.05) is 41.1 Å². The zero-order chi connectivity index (χ0) is 17.6. The molecule has 0 aromatic heterocycles. The number of benzene rings is 2. The number of para-hydroxylation sites is 1. The van der Waals surface area contributed by atoms with Gasteiger partial charge in [-0.3, -0.25) is 0 Å². The zero-order valence-corrected chi connectivity index (χ0v) is 15.5. The Balaban J connectivity index is 1.98. The van der Waals surface area contributed by atoms with Gasteiger partial charge in [0.2, 0.25) is 0 Å². The fourth-order valence-electron chi connectivity index (χ4n) is 3.81. The van der Waals surface area contributed by atoms with Crippen molar-refractivity contribution in [1.29, 1.82) is 0 Å². The Morgan fingerprint density at radius 2 is 1.56 bits per heavy atom. The van der Waals surface area contributed by atoms with Crippen LogP contribution in [0, 0.1) is 11.3 Å². The van der Waals surface area contributed by atoms with Gasteiger partial charge in [0.1, 0.15) is 0 Å². The first kappa shape index (κ1) is 16.0. The van der Waals surface area contributed by atoms with E-state index in [1.165, 1.54) is 33.7 Å². The lowest BCUT2D eigenvalue weighted by atomic mass is 9.75. The van der Waals surface area contributed by atoms with Crippen molar-refractivity contribution in [2.45, 2.75) is 20.8 Å². The summed E-state index contributed by atoms with van der Waals surface area (Å²) in [6, 6.07) is 19.5. The van der Waals surface area contributed by atoms with Crippen LogP contribution in [0.15, 0.2) is 84.1 Å². The van der Waals surface area contributed by atoms with Gasteiger partial charge in [-0.2, -0.15) is 0 Å². The van der Waals surface area contributed by atoms with Crippen LogP contribution in [0.2, 0.25) is 0 Å². The largest absolute Gasteiger partial charge is 0.344 e. The van der Waals surface area contributed by atoms with Gasteiger partial charge in [-0.25, -0.2) is 0 Å². The summed E-state index contributed by atoms with van der Waals surface area (Å²) in [7, 11) is 2.19. The van der Waals surface area contributed by atoms with Crippen LogP contribution in [0.5, 0.6) is 0 Å². The lowest BCUT2D eigenvalue weighted by Crippen LogP contribution is -2.28. The summed E-state index contributed by atoms with van der Waals surface area (Å²) < 4.78 is 0. The van der Waals surface area contributed by atoms with Crippen LogP contribution in [0.1, 0.15) is 31.9 Å². The molecule has 2 aromatic rings. The van der Waals surface area contributed by atoms with Gasteiger partial charge in [0.05, 0.1) is 0 Å². The molecule has 4 rings (SSSR count). The highest BCUT2D eigenvalue weighted by Crippen LogP contribution is 2.46. The van der Waals surface area contributed by atoms with Crippen molar-refractivity contribution in [1.82, 2.24) is 0 Å². The molecule has 0 spiro atoms. The molecule has 1 aliphatic carbocycles. The summed E-state index contributed by atoms with van der Waals surface area (Å²) in [5.74, 6) is 0.441. The van der Waals surface area contributed by atoms with Crippen molar-refractivity contribution < 1.29 is 0 Å². The van der Waals surface area contributed by atoms with E-state index >= 15 is 0 Å².